The molecule has 0 spiro atoms. The number of aliphatic carboxylic acids is 1. The molecule has 3 aliphatic rings. The third kappa shape index (κ3) is 3.40. The Morgan fingerprint density at radius 1 is 1.25 bits per heavy atom. The monoisotopic (exact) mass is 298 g/mol. The summed E-state index contributed by atoms with van der Waals surface area (Å²) < 4.78 is 0. The molecule has 1 saturated heterocycles. The topological polar surface area (TPSA) is 60.9 Å². The van der Waals surface area contributed by atoms with E-state index in [0.29, 0.717) is 18.5 Å². The quantitative estimate of drug-likeness (QED) is 0.842. The molecule has 0 aromatic rings. The maximum Gasteiger partial charge on any atom is 0.320 e. The minimum Gasteiger partial charge on any atom is -0.481 e. The van der Waals surface area contributed by atoms with Gasteiger partial charge in [-0.15, -0.1) is 0 Å². The number of carboxylic acids is 1. The van der Waals surface area contributed by atoms with Crippen LogP contribution in [0.3, 0.4) is 0 Å². The Morgan fingerprint density at radius 3 is 2.60 bits per heavy atom. The average molecular weight is 298 g/mol. The van der Waals surface area contributed by atoms with E-state index in [9.17, 15) is 9.59 Å². The molecule has 1 heterocycles. The largest absolute Gasteiger partial charge is 0.481 e. The summed E-state index contributed by atoms with van der Waals surface area (Å²) in [5.74, 6) is 1.55. The lowest BCUT2D eigenvalue weighted by atomic mass is 10.2. The number of thioether (sulfide) groups is 1. The normalized spacial score (nSPS) is 26.4. The van der Waals surface area contributed by atoms with Gasteiger partial charge in [0.2, 0.25) is 0 Å². The minimum atomic E-state index is -0.810. The van der Waals surface area contributed by atoms with Crippen molar-refractivity contribution in [3.8, 4) is 0 Å². The second kappa shape index (κ2) is 5.84. The number of nitrogens with zero attached hydrogens (tertiary/aromatic N) is 2. The van der Waals surface area contributed by atoms with Crippen molar-refractivity contribution in [2.75, 3.05) is 24.6 Å². The van der Waals surface area contributed by atoms with Crippen molar-refractivity contribution in [2.45, 2.75) is 44.2 Å². The molecule has 1 unspecified atom stereocenters. The average Bonchev–Trinajstić information content (AvgIpc) is 3.27. The van der Waals surface area contributed by atoms with Crippen LogP contribution >= 0.6 is 11.8 Å². The molecule has 3 rings (SSSR count). The molecule has 20 heavy (non-hydrogen) atoms. The van der Waals surface area contributed by atoms with E-state index in [1.54, 1.807) is 11.8 Å². The Morgan fingerprint density at radius 2 is 2.00 bits per heavy atom. The summed E-state index contributed by atoms with van der Waals surface area (Å²) in [5, 5.41) is 9.02. The predicted molar refractivity (Wildman–Crippen MR) is 77.9 cm³/mol. The predicted octanol–water partition coefficient (Wildman–Crippen LogP) is 1.87. The second-order valence-electron chi connectivity index (χ2n) is 6.13. The first-order valence-electron chi connectivity index (χ1n) is 7.52. The number of hydrogen-bond donors (Lipinski definition) is 1. The van der Waals surface area contributed by atoms with Crippen LogP contribution in [-0.2, 0) is 4.79 Å². The molecule has 0 bridgehead atoms. The van der Waals surface area contributed by atoms with Gasteiger partial charge in [0, 0.05) is 30.6 Å². The number of carbonyl (C=O) groups excluding carboxylic acids is 1. The van der Waals surface area contributed by atoms with E-state index in [4.69, 9.17) is 5.11 Å². The van der Waals surface area contributed by atoms with Crippen molar-refractivity contribution < 1.29 is 14.7 Å². The molecule has 2 saturated carbocycles. The van der Waals surface area contributed by atoms with E-state index >= 15 is 0 Å². The minimum absolute atomic E-state index is 0.0701. The highest BCUT2D eigenvalue weighted by molar-refractivity contribution is 7.99. The van der Waals surface area contributed by atoms with E-state index in [1.165, 1.54) is 12.8 Å². The Balaban J connectivity index is 1.66. The number of carbonyl (C=O) groups is 2. The van der Waals surface area contributed by atoms with Gasteiger partial charge in [-0.25, -0.2) is 4.79 Å². The molecule has 1 aliphatic heterocycles. The van der Waals surface area contributed by atoms with Gasteiger partial charge in [-0.05, 0) is 31.6 Å². The Labute approximate surface area is 123 Å². The summed E-state index contributed by atoms with van der Waals surface area (Å²) in [4.78, 5) is 27.6. The van der Waals surface area contributed by atoms with Crippen molar-refractivity contribution in [2.24, 2.45) is 5.92 Å². The van der Waals surface area contributed by atoms with Gasteiger partial charge in [0.1, 0.15) is 0 Å². The Hall–Kier alpha value is -0.910. The molecular weight excluding hydrogens is 276 g/mol. The molecule has 1 N–H and O–H groups in total. The van der Waals surface area contributed by atoms with Crippen molar-refractivity contribution in [3.05, 3.63) is 0 Å². The number of urea groups is 1. The summed E-state index contributed by atoms with van der Waals surface area (Å²) in [7, 11) is 0. The standard InChI is InChI=1S/C14H22N2O3S/c17-13(18)7-12-9-20-6-5-15(12)14(19)16(11-3-4-11)8-10-1-2-10/h10-12H,1-9H2,(H,17,18). The van der Waals surface area contributed by atoms with Gasteiger partial charge >= 0.3 is 12.0 Å². The number of amides is 2. The third-order valence-corrected chi connectivity index (χ3v) is 5.36. The van der Waals surface area contributed by atoms with Crippen LogP contribution in [0.5, 0.6) is 0 Å². The van der Waals surface area contributed by atoms with Crippen molar-refractivity contribution in [1.29, 1.82) is 0 Å². The summed E-state index contributed by atoms with van der Waals surface area (Å²) in [6.07, 6.45) is 4.78. The van der Waals surface area contributed by atoms with E-state index < -0.39 is 5.97 Å². The smallest absolute Gasteiger partial charge is 0.320 e. The first-order chi connectivity index (χ1) is 9.65. The fourth-order valence-corrected chi connectivity index (χ4v) is 3.85. The molecular formula is C14H22N2O3S. The van der Waals surface area contributed by atoms with Gasteiger partial charge in [-0.2, -0.15) is 11.8 Å². The Kier molecular flexibility index (Phi) is 4.10. The zero-order chi connectivity index (χ0) is 14.1. The maximum atomic E-state index is 12.8. The van der Waals surface area contributed by atoms with Crippen molar-refractivity contribution in [1.82, 2.24) is 9.80 Å². The third-order valence-electron chi connectivity index (χ3n) is 4.27. The van der Waals surface area contributed by atoms with Crippen LogP contribution in [0.1, 0.15) is 32.1 Å². The molecule has 2 amide bonds. The van der Waals surface area contributed by atoms with E-state index in [2.05, 4.69) is 0 Å². The van der Waals surface area contributed by atoms with Crippen LogP contribution in [0.2, 0.25) is 0 Å². The molecule has 2 aliphatic carbocycles. The molecule has 0 aromatic carbocycles. The van der Waals surface area contributed by atoms with Crippen LogP contribution in [0.4, 0.5) is 4.79 Å². The molecule has 0 radical (unpaired) electrons. The second-order valence-corrected chi connectivity index (χ2v) is 7.28. The maximum absolute atomic E-state index is 12.8. The lowest BCUT2D eigenvalue weighted by Gasteiger charge is -2.38. The van der Waals surface area contributed by atoms with Crippen molar-refractivity contribution in [3.63, 3.8) is 0 Å². The highest BCUT2D eigenvalue weighted by Crippen LogP contribution is 2.36. The highest BCUT2D eigenvalue weighted by atomic mass is 32.2. The lowest BCUT2D eigenvalue weighted by molar-refractivity contribution is -0.138. The lowest BCUT2D eigenvalue weighted by Crippen LogP contribution is -2.53. The summed E-state index contributed by atoms with van der Waals surface area (Å²) in [6, 6.07) is 0.369. The van der Waals surface area contributed by atoms with Gasteiger partial charge in [0.15, 0.2) is 0 Å². The van der Waals surface area contributed by atoms with Crippen molar-refractivity contribution >= 4 is 23.8 Å². The first-order valence-corrected chi connectivity index (χ1v) is 8.67. The highest BCUT2D eigenvalue weighted by Gasteiger charge is 2.40. The van der Waals surface area contributed by atoms with Crippen LogP contribution in [-0.4, -0.2) is 63.6 Å². The number of rotatable bonds is 5. The fourth-order valence-electron chi connectivity index (χ4n) is 2.79. The zero-order valence-electron chi connectivity index (χ0n) is 11.7. The molecule has 5 nitrogen and oxygen atoms in total. The molecule has 3 fully saturated rings. The number of hydrogen-bond acceptors (Lipinski definition) is 3. The molecule has 0 aromatic heterocycles. The van der Waals surface area contributed by atoms with E-state index in [0.717, 1.165) is 30.9 Å². The first kappa shape index (κ1) is 14.0. The van der Waals surface area contributed by atoms with E-state index in [-0.39, 0.29) is 18.5 Å². The molecule has 1 atom stereocenters. The van der Waals surface area contributed by atoms with Crippen LogP contribution in [0.25, 0.3) is 0 Å². The summed E-state index contributed by atoms with van der Waals surface area (Å²) in [5.41, 5.74) is 0. The van der Waals surface area contributed by atoms with Crippen LogP contribution in [0, 0.1) is 5.92 Å². The summed E-state index contributed by atoms with van der Waals surface area (Å²) in [6.45, 7) is 1.57. The van der Waals surface area contributed by atoms with Crippen LogP contribution < -0.4 is 0 Å². The Bertz CT molecular complexity index is 396. The zero-order valence-corrected chi connectivity index (χ0v) is 12.5. The number of carboxylic acid groups (broad SMARTS) is 1. The SMILES string of the molecule is O=C(O)CC1CSCCN1C(=O)N(CC1CC1)C1CC1. The fraction of sp³-hybridized carbons (Fsp3) is 0.857. The van der Waals surface area contributed by atoms with Gasteiger partial charge in [0.05, 0.1) is 12.5 Å². The van der Waals surface area contributed by atoms with Gasteiger partial charge in [-0.1, -0.05) is 0 Å². The van der Waals surface area contributed by atoms with Gasteiger partial charge in [-0.3, -0.25) is 4.79 Å². The summed E-state index contributed by atoms with van der Waals surface area (Å²) >= 11 is 1.75. The van der Waals surface area contributed by atoms with E-state index in [1.807, 2.05) is 9.80 Å². The molecule has 6 heteroatoms. The van der Waals surface area contributed by atoms with Crippen LogP contribution in [0.15, 0.2) is 0 Å². The molecule has 112 valence electrons. The van der Waals surface area contributed by atoms with Gasteiger partial charge < -0.3 is 14.9 Å². The van der Waals surface area contributed by atoms with Gasteiger partial charge in [0.25, 0.3) is 0 Å².